The van der Waals surface area contributed by atoms with Crippen LogP contribution in [-0.4, -0.2) is 13.2 Å². The second-order valence-corrected chi connectivity index (χ2v) is 3.08. The molecule has 0 aliphatic carbocycles. The Balaban J connectivity index is 3.02. The molecule has 0 spiro atoms. The van der Waals surface area contributed by atoms with Gasteiger partial charge in [0.2, 0.25) is 0 Å². The number of ether oxygens (including phenoxy) is 1. The van der Waals surface area contributed by atoms with Crippen LogP contribution in [0, 0.1) is 12.3 Å². The van der Waals surface area contributed by atoms with Gasteiger partial charge in [-0.25, -0.2) is 0 Å². The van der Waals surface area contributed by atoms with Gasteiger partial charge in [0.25, 0.3) is 0 Å². The van der Waals surface area contributed by atoms with Crippen LogP contribution in [0.15, 0.2) is 0 Å². The van der Waals surface area contributed by atoms with Crippen LogP contribution in [0.2, 0.25) is 0 Å². The molecule has 0 N–H and O–H groups in total. The SMILES string of the molecule is C[CH]CC[C@@H](C)CCOCC. The van der Waals surface area contributed by atoms with Crippen LogP contribution >= 0.6 is 0 Å². The fourth-order valence-corrected chi connectivity index (χ4v) is 1.02. The Hall–Kier alpha value is -0.0400. The van der Waals surface area contributed by atoms with E-state index in [-0.39, 0.29) is 0 Å². The second kappa shape index (κ2) is 8.06. The maximum Gasteiger partial charge on any atom is 0.0468 e. The van der Waals surface area contributed by atoms with Gasteiger partial charge in [0.15, 0.2) is 0 Å². The highest BCUT2D eigenvalue weighted by Crippen LogP contribution is 2.10. The molecular formula is C10H21O. The van der Waals surface area contributed by atoms with Crippen molar-refractivity contribution in [1.29, 1.82) is 0 Å². The summed E-state index contributed by atoms with van der Waals surface area (Å²) in [6.45, 7) is 8.25. The van der Waals surface area contributed by atoms with Crippen LogP contribution in [0.3, 0.4) is 0 Å². The standard InChI is InChI=1S/C10H21O/c1-4-6-7-10(3)8-9-11-5-2/h4,10H,5-9H2,1-3H3/t10-/m1/s1. The highest BCUT2D eigenvalue weighted by Gasteiger charge is 1.99. The van der Waals surface area contributed by atoms with Crippen molar-refractivity contribution >= 4 is 0 Å². The summed E-state index contributed by atoms with van der Waals surface area (Å²) in [4.78, 5) is 0. The summed E-state index contributed by atoms with van der Waals surface area (Å²) < 4.78 is 5.27. The summed E-state index contributed by atoms with van der Waals surface area (Å²) in [6.07, 6.45) is 6.00. The van der Waals surface area contributed by atoms with Crippen LogP contribution in [0.1, 0.15) is 40.0 Å². The van der Waals surface area contributed by atoms with Crippen LogP contribution in [-0.2, 0) is 4.74 Å². The minimum absolute atomic E-state index is 0.817. The molecule has 0 aliphatic rings. The van der Waals surface area contributed by atoms with Crippen molar-refractivity contribution in [2.24, 2.45) is 5.92 Å². The van der Waals surface area contributed by atoms with Gasteiger partial charge in [-0.05, 0) is 25.7 Å². The Morgan fingerprint density at radius 2 is 2.09 bits per heavy atom. The van der Waals surface area contributed by atoms with Gasteiger partial charge in [0, 0.05) is 13.2 Å². The van der Waals surface area contributed by atoms with Crippen LogP contribution in [0.4, 0.5) is 0 Å². The maximum atomic E-state index is 5.27. The van der Waals surface area contributed by atoms with Crippen LogP contribution in [0.5, 0.6) is 0 Å². The van der Waals surface area contributed by atoms with E-state index in [9.17, 15) is 0 Å². The van der Waals surface area contributed by atoms with Gasteiger partial charge in [0.05, 0.1) is 0 Å². The zero-order valence-corrected chi connectivity index (χ0v) is 8.10. The van der Waals surface area contributed by atoms with Crippen LogP contribution in [0.25, 0.3) is 0 Å². The number of unbranched alkanes of at least 4 members (excludes halogenated alkanes) is 1. The Bertz CT molecular complexity index is 71.3. The zero-order valence-electron chi connectivity index (χ0n) is 8.10. The molecule has 0 saturated carbocycles. The Kier molecular flexibility index (Phi) is 8.03. The molecule has 0 aromatic heterocycles. The second-order valence-electron chi connectivity index (χ2n) is 3.08. The van der Waals surface area contributed by atoms with E-state index in [0.717, 1.165) is 19.1 Å². The third-order valence-electron chi connectivity index (χ3n) is 1.91. The Morgan fingerprint density at radius 3 is 2.64 bits per heavy atom. The van der Waals surface area contributed by atoms with Gasteiger partial charge < -0.3 is 4.74 Å². The molecule has 0 amide bonds. The van der Waals surface area contributed by atoms with Crippen molar-refractivity contribution in [2.45, 2.75) is 40.0 Å². The highest BCUT2D eigenvalue weighted by molar-refractivity contribution is 4.60. The third-order valence-corrected chi connectivity index (χ3v) is 1.91. The zero-order chi connectivity index (χ0) is 8.53. The summed E-state index contributed by atoms with van der Waals surface area (Å²) in [5, 5.41) is 0. The summed E-state index contributed by atoms with van der Waals surface area (Å²) in [5.74, 6) is 0.817. The molecule has 0 saturated heterocycles. The topological polar surface area (TPSA) is 9.23 Å². The lowest BCUT2D eigenvalue weighted by molar-refractivity contribution is 0.133. The van der Waals surface area contributed by atoms with E-state index in [1.54, 1.807) is 0 Å². The molecule has 67 valence electrons. The molecule has 0 heterocycles. The molecular weight excluding hydrogens is 136 g/mol. The van der Waals surface area contributed by atoms with Gasteiger partial charge in [-0.3, -0.25) is 0 Å². The molecule has 1 nitrogen and oxygen atoms in total. The molecule has 0 rings (SSSR count). The lowest BCUT2D eigenvalue weighted by Crippen LogP contribution is -2.01. The van der Waals surface area contributed by atoms with Crippen molar-refractivity contribution in [1.82, 2.24) is 0 Å². The first-order valence-electron chi connectivity index (χ1n) is 4.66. The van der Waals surface area contributed by atoms with E-state index in [1.807, 2.05) is 6.92 Å². The third kappa shape index (κ3) is 7.86. The molecule has 1 atom stereocenters. The maximum absolute atomic E-state index is 5.27. The van der Waals surface area contributed by atoms with Gasteiger partial charge in [-0.2, -0.15) is 0 Å². The minimum atomic E-state index is 0.817. The predicted molar refractivity (Wildman–Crippen MR) is 49.5 cm³/mol. The fraction of sp³-hybridized carbons (Fsp3) is 0.900. The average molecular weight is 157 g/mol. The molecule has 1 radical (unpaired) electrons. The molecule has 0 unspecified atom stereocenters. The lowest BCUT2D eigenvalue weighted by atomic mass is 10.0. The lowest BCUT2D eigenvalue weighted by Gasteiger charge is -2.09. The van der Waals surface area contributed by atoms with Crippen molar-refractivity contribution in [3.8, 4) is 0 Å². The summed E-state index contributed by atoms with van der Waals surface area (Å²) in [7, 11) is 0. The molecule has 0 aromatic rings. The molecule has 11 heavy (non-hydrogen) atoms. The van der Waals surface area contributed by atoms with Crippen molar-refractivity contribution < 1.29 is 4.74 Å². The highest BCUT2D eigenvalue weighted by atomic mass is 16.5. The van der Waals surface area contributed by atoms with E-state index in [4.69, 9.17) is 4.74 Å². The quantitative estimate of drug-likeness (QED) is 0.516. The molecule has 0 aliphatic heterocycles. The van der Waals surface area contributed by atoms with Gasteiger partial charge >= 0.3 is 0 Å². The first-order chi connectivity index (χ1) is 5.31. The summed E-state index contributed by atoms with van der Waals surface area (Å²) in [5.41, 5.74) is 0. The van der Waals surface area contributed by atoms with Crippen molar-refractivity contribution in [3.63, 3.8) is 0 Å². The van der Waals surface area contributed by atoms with Gasteiger partial charge in [-0.1, -0.05) is 26.7 Å². The predicted octanol–water partition coefficient (Wildman–Crippen LogP) is 3.05. The number of rotatable bonds is 7. The number of hydrogen-bond donors (Lipinski definition) is 0. The minimum Gasteiger partial charge on any atom is -0.382 e. The van der Waals surface area contributed by atoms with E-state index < -0.39 is 0 Å². The first kappa shape index (κ1) is 11.0. The monoisotopic (exact) mass is 157 g/mol. The van der Waals surface area contributed by atoms with Crippen molar-refractivity contribution in [3.05, 3.63) is 6.42 Å². The van der Waals surface area contributed by atoms with E-state index >= 15 is 0 Å². The molecule has 0 aromatic carbocycles. The molecule has 0 bridgehead atoms. The van der Waals surface area contributed by atoms with E-state index in [0.29, 0.717) is 0 Å². The Morgan fingerprint density at radius 1 is 1.36 bits per heavy atom. The first-order valence-corrected chi connectivity index (χ1v) is 4.66. The fourth-order valence-electron chi connectivity index (χ4n) is 1.02. The summed E-state index contributed by atoms with van der Waals surface area (Å²) >= 11 is 0. The average Bonchev–Trinajstić information content (AvgIpc) is 2.01. The Labute approximate surface area is 71.1 Å². The normalized spacial score (nSPS) is 13.4. The van der Waals surface area contributed by atoms with Crippen LogP contribution < -0.4 is 0 Å². The molecule has 1 heteroatoms. The number of hydrogen-bond acceptors (Lipinski definition) is 1. The largest absolute Gasteiger partial charge is 0.382 e. The van der Waals surface area contributed by atoms with E-state index in [2.05, 4.69) is 20.3 Å². The smallest absolute Gasteiger partial charge is 0.0468 e. The molecule has 0 fully saturated rings. The van der Waals surface area contributed by atoms with Crippen molar-refractivity contribution in [2.75, 3.05) is 13.2 Å². The summed E-state index contributed by atoms with van der Waals surface area (Å²) in [6, 6.07) is 0. The van der Waals surface area contributed by atoms with E-state index in [1.165, 1.54) is 19.3 Å². The van der Waals surface area contributed by atoms with Gasteiger partial charge in [-0.15, -0.1) is 0 Å². The van der Waals surface area contributed by atoms with Gasteiger partial charge in [0.1, 0.15) is 0 Å².